The highest BCUT2D eigenvalue weighted by molar-refractivity contribution is 5.71. The molecule has 6 nitrogen and oxygen atoms in total. The van der Waals surface area contributed by atoms with Gasteiger partial charge in [-0.3, -0.25) is 9.69 Å². The first-order valence-electron chi connectivity index (χ1n) is 7.79. The highest BCUT2D eigenvalue weighted by Gasteiger charge is 2.22. The molecule has 0 aromatic carbocycles. The van der Waals surface area contributed by atoms with Crippen LogP contribution in [0.15, 0.2) is 18.3 Å². The van der Waals surface area contributed by atoms with Gasteiger partial charge < -0.3 is 15.2 Å². The van der Waals surface area contributed by atoms with Gasteiger partial charge in [-0.1, -0.05) is 13.8 Å². The van der Waals surface area contributed by atoms with Crippen molar-refractivity contribution in [3.8, 4) is 5.75 Å². The summed E-state index contributed by atoms with van der Waals surface area (Å²) in [7, 11) is 0. The van der Waals surface area contributed by atoms with Crippen molar-refractivity contribution in [3.05, 3.63) is 18.3 Å². The molecule has 1 aromatic rings. The molecule has 1 aromatic heterocycles. The van der Waals surface area contributed by atoms with E-state index in [2.05, 4.69) is 9.88 Å². The second-order valence-electron chi connectivity index (χ2n) is 6.09. The van der Waals surface area contributed by atoms with Gasteiger partial charge in [0.15, 0.2) is 0 Å². The van der Waals surface area contributed by atoms with E-state index >= 15 is 0 Å². The lowest BCUT2D eigenvalue weighted by atomic mass is 10.1. The van der Waals surface area contributed by atoms with Gasteiger partial charge in [0.2, 0.25) is 0 Å². The fourth-order valence-corrected chi connectivity index (χ4v) is 2.33. The zero-order valence-electron chi connectivity index (χ0n) is 13.3. The molecule has 0 aliphatic carbocycles. The molecule has 0 amide bonds. The minimum Gasteiger partial charge on any atom is -0.489 e. The summed E-state index contributed by atoms with van der Waals surface area (Å²) < 4.78 is 11.1. The second kappa shape index (κ2) is 7.98. The number of carbonyl (C=O) groups is 1. The molecule has 2 rings (SSSR count). The summed E-state index contributed by atoms with van der Waals surface area (Å²) in [4.78, 5) is 17.8. The molecule has 0 saturated carbocycles. The Morgan fingerprint density at radius 2 is 2.14 bits per heavy atom. The Morgan fingerprint density at radius 3 is 2.73 bits per heavy atom. The van der Waals surface area contributed by atoms with Crippen molar-refractivity contribution in [2.45, 2.75) is 32.8 Å². The summed E-state index contributed by atoms with van der Waals surface area (Å²) in [5.41, 5.74) is 5.55. The Labute approximate surface area is 131 Å². The molecule has 2 N–H and O–H groups in total. The second-order valence-corrected chi connectivity index (χ2v) is 6.09. The van der Waals surface area contributed by atoms with Gasteiger partial charge in [-0.05, 0) is 30.9 Å². The van der Waals surface area contributed by atoms with E-state index in [1.54, 1.807) is 12.3 Å². The normalized spacial score (nSPS) is 16.7. The summed E-state index contributed by atoms with van der Waals surface area (Å²) in [6.45, 7) is 6.59. The number of carbonyl (C=O) groups excluding carboxylic acids is 1. The van der Waals surface area contributed by atoms with Crippen LogP contribution in [0.5, 0.6) is 5.75 Å². The maximum Gasteiger partial charge on any atom is 0.320 e. The Hall–Kier alpha value is -1.82. The summed E-state index contributed by atoms with van der Waals surface area (Å²) in [5, 5.41) is 0. The lowest BCUT2D eigenvalue weighted by molar-refractivity contribution is -0.146. The number of pyridine rings is 1. The number of piperidine rings is 1. The molecule has 0 spiro atoms. The van der Waals surface area contributed by atoms with E-state index in [1.165, 1.54) is 0 Å². The van der Waals surface area contributed by atoms with Gasteiger partial charge >= 0.3 is 5.97 Å². The molecular formula is C16H25N3O3. The van der Waals surface area contributed by atoms with Crippen LogP contribution in [-0.2, 0) is 9.53 Å². The summed E-state index contributed by atoms with van der Waals surface area (Å²) in [6.07, 6.45) is 3.59. The Kier molecular flexibility index (Phi) is 6.00. The van der Waals surface area contributed by atoms with Gasteiger partial charge in [0.05, 0.1) is 19.3 Å². The molecule has 1 saturated heterocycles. The Balaban J connectivity index is 1.69. The number of likely N-dealkylation sites (tertiary alicyclic amines) is 1. The van der Waals surface area contributed by atoms with Crippen LogP contribution in [0.4, 0.5) is 5.82 Å². The molecule has 22 heavy (non-hydrogen) atoms. The lowest BCUT2D eigenvalue weighted by Gasteiger charge is -2.31. The van der Waals surface area contributed by atoms with Gasteiger partial charge in [0, 0.05) is 13.1 Å². The molecule has 6 heteroatoms. The number of anilines is 1. The number of hydrogen-bond donors (Lipinski definition) is 1. The smallest absolute Gasteiger partial charge is 0.320 e. The minimum absolute atomic E-state index is 0.143. The molecule has 2 heterocycles. The van der Waals surface area contributed by atoms with Crippen LogP contribution >= 0.6 is 0 Å². The van der Waals surface area contributed by atoms with Crippen molar-refractivity contribution in [1.29, 1.82) is 0 Å². The largest absolute Gasteiger partial charge is 0.489 e. The quantitative estimate of drug-likeness (QED) is 0.806. The number of aromatic nitrogens is 1. The minimum atomic E-state index is -0.143. The molecule has 0 radical (unpaired) electrons. The van der Waals surface area contributed by atoms with E-state index in [4.69, 9.17) is 15.2 Å². The molecule has 1 aliphatic rings. The van der Waals surface area contributed by atoms with Crippen LogP contribution in [0.1, 0.15) is 26.7 Å². The third-order valence-corrected chi connectivity index (χ3v) is 3.53. The lowest BCUT2D eigenvalue weighted by Crippen LogP contribution is -2.41. The van der Waals surface area contributed by atoms with Gasteiger partial charge in [0.25, 0.3) is 0 Å². The van der Waals surface area contributed by atoms with Crippen LogP contribution in [0.25, 0.3) is 0 Å². The standard InChI is InChI=1S/C16H25N3O3/c1-12(2)11-21-16(20)10-19-7-5-13(6-8-19)22-14-3-4-15(17)18-9-14/h3-4,9,12-13H,5-8,10-11H2,1-2H3,(H2,17,18). The van der Waals surface area contributed by atoms with Crippen molar-refractivity contribution in [2.75, 3.05) is 32.0 Å². The van der Waals surface area contributed by atoms with Gasteiger partial charge in [-0.2, -0.15) is 0 Å². The predicted octanol–water partition coefficient (Wildman–Crippen LogP) is 1.71. The number of nitrogens with zero attached hydrogens (tertiary/aromatic N) is 2. The van der Waals surface area contributed by atoms with Crippen LogP contribution in [0.3, 0.4) is 0 Å². The highest BCUT2D eigenvalue weighted by Crippen LogP contribution is 2.18. The van der Waals surface area contributed by atoms with Crippen LogP contribution in [-0.4, -0.2) is 48.2 Å². The summed E-state index contributed by atoms with van der Waals surface area (Å²) >= 11 is 0. The number of hydrogen-bond acceptors (Lipinski definition) is 6. The molecule has 122 valence electrons. The Bertz CT molecular complexity index is 468. The topological polar surface area (TPSA) is 77.7 Å². The first-order valence-corrected chi connectivity index (χ1v) is 7.79. The number of nitrogen functional groups attached to an aromatic ring is 1. The molecule has 0 unspecified atom stereocenters. The zero-order valence-corrected chi connectivity index (χ0v) is 13.3. The molecule has 0 bridgehead atoms. The predicted molar refractivity (Wildman–Crippen MR) is 84.5 cm³/mol. The van der Waals surface area contributed by atoms with E-state index < -0.39 is 0 Å². The van der Waals surface area contributed by atoms with E-state index in [1.807, 2.05) is 19.9 Å². The van der Waals surface area contributed by atoms with E-state index in [-0.39, 0.29) is 12.1 Å². The zero-order chi connectivity index (χ0) is 15.9. The highest BCUT2D eigenvalue weighted by atomic mass is 16.5. The third-order valence-electron chi connectivity index (χ3n) is 3.53. The van der Waals surface area contributed by atoms with Crippen LogP contribution in [0.2, 0.25) is 0 Å². The molecule has 1 fully saturated rings. The maximum absolute atomic E-state index is 11.7. The Morgan fingerprint density at radius 1 is 1.41 bits per heavy atom. The van der Waals surface area contributed by atoms with Crippen molar-refractivity contribution in [3.63, 3.8) is 0 Å². The fraction of sp³-hybridized carbons (Fsp3) is 0.625. The maximum atomic E-state index is 11.7. The van der Waals surface area contributed by atoms with E-state index in [9.17, 15) is 4.79 Å². The average molecular weight is 307 g/mol. The fourth-order valence-electron chi connectivity index (χ4n) is 2.33. The van der Waals surface area contributed by atoms with Crippen LogP contribution in [0, 0.1) is 5.92 Å². The summed E-state index contributed by atoms with van der Waals surface area (Å²) in [5.74, 6) is 1.46. The first kappa shape index (κ1) is 16.5. The van der Waals surface area contributed by atoms with E-state index in [0.717, 1.165) is 31.7 Å². The third kappa shape index (κ3) is 5.52. The molecular weight excluding hydrogens is 282 g/mol. The number of nitrogens with two attached hydrogens (primary N) is 1. The van der Waals surface area contributed by atoms with Gasteiger partial charge in [-0.25, -0.2) is 4.98 Å². The average Bonchev–Trinajstić information content (AvgIpc) is 2.49. The van der Waals surface area contributed by atoms with Gasteiger partial charge in [-0.15, -0.1) is 0 Å². The first-order chi connectivity index (χ1) is 10.5. The van der Waals surface area contributed by atoms with Gasteiger partial charge in [0.1, 0.15) is 17.7 Å². The van der Waals surface area contributed by atoms with E-state index in [0.29, 0.717) is 24.9 Å². The van der Waals surface area contributed by atoms with Crippen molar-refractivity contribution in [1.82, 2.24) is 9.88 Å². The SMILES string of the molecule is CC(C)COC(=O)CN1CCC(Oc2ccc(N)nc2)CC1. The molecule has 0 atom stereocenters. The summed E-state index contributed by atoms with van der Waals surface area (Å²) in [6, 6.07) is 3.56. The molecule has 1 aliphatic heterocycles. The van der Waals surface area contributed by atoms with Crippen molar-refractivity contribution < 1.29 is 14.3 Å². The number of rotatable bonds is 6. The number of ether oxygens (including phenoxy) is 2. The van der Waals surface area contributed by atoms with Crippen LogP contribution < -0.4 is 10.5 Å². The monoisotopic (exact) mass is 307 g/mol. The van der Waals surface area contributed by atoms with Crippen molar-refractivity contribution in [2.24, 2.45) is 5.92 Å². The van der Waals surface area contributed by atoms with Crippen molar-refractivity contribution >= 4 is 11.8 Å². The number of esters is 1.